The molecule has 1 aliphatic rings. The highest BCUT2D eigenvalue weighted by atomic mass is 16.7. The normalized spacial score (nSPS) is 11.9. The van der Waals surface area contributed by atoms with Gasteiger partial charge in [0.15, 0.2) is 11.5 Å². The van der Waals surface area contributed by atoms with Crippen molar-refractivity contribution in [3.05, 3.63) is 58.7 Å². The molecular weight excluding hydrogens is 308 g/mol. The molecule has 0 saturated heterocycles. The van der Waals surface area contributed by atoms with Gasteiger partial charge in [-0.3, -0.25) is 20.4 Å². The van der Waals surface area contributed by atoms with Crippen LogP contribution in [0.4, 0.5) is 0 Å². The van der Waals surface area contributed by atoms with Gasteiger partial charge in [0, 0.05) is 5.56 Å². The van der Waals surface area contributed by atoms with Crippen molar-refractivity contribution < 1.29 is 19.1 Å². The van der Waals surface area contributed by atoms with E-state index in [9.17, 15) is 9.59 Å². The molecule has 6 nitrogen and oxygen atoms in total. The number of benzene rings is 2. The van der Waals surface area contributed by atoms with E-state index in [4.69, 9.17) is 9.47 Å². The molecule has 124 valence electrons. The Morgan fingerprint density at radius 2 is 1.75 bits per heavy atom. The average molecular weight is 326 g/mol. The Morgan fingerprint density at radius 1 is 0.958 bits per heavy atom. The van der Waals surface area contributed by atoms with E-state index in [1.54, 1.807) is 18.2 Å². The molecule has 2 aromatic rings. The quantitative estimate of drug-likeness (QED) is 0.846. The number of amides is 2. The lowest BCUT2D eigenvalue weighted by molar-refractivity contribution is -0.121. The van der Waals surface area contributed by atoms with Crippen molar-refractivity contribution in [1.82, 2.24) is 10.9 Å². The Morgan fingerprint density at radius 3 is 2.54 bits per heavy atom. The summed E-state index contributed by atoms with van der Waals surface area (Å²) < 4.78 is 10.4. The fourth-order valence-corrected chi connectivity index (χ4v) is 2.38. The molecule has 24 heavy (non-hydrogen) atoms. The summed E-state index contributed by atoms with van der Waals surface area (Å²) in [5.41, 5.74) is 8.40. The number of carbonyl (C=O) groups excluding carboxylic acids is 2. The fraction of sp³-hybridized carbons (Fsp3) is 0.222. The van der Waals surface area contributed by atoms with Crippen molar-refractivity contribution in [3.8, 4) is 11.5 Å². The largest absolute Gasteiger partial charge is 0.454 e. The van der Waals surface area contributed by atoms with E-state index in [0.29, 0.717) is 17.1 Å². The number of hydrogen-bond acceptors (Lipinski definition) is 4. The second-order valence-electron chi connectivity index (χ2n) is 5.67. The number of aryl methyl sites for hydroxylation is 2. The Balaban J connectivity index is 1.55. The summed E-state index contributed by atoms with van der Waals surface area (Å²) in [4.78, 5) is 24.0. The third-order valence-corrected chi connectivity index (χ3v) is 3.89. The van der Waals surface area contributed by atoms with Crippen molar-refractivity contribution in [2.45, 2.75) is 20.3 Å². The molecule has 0 saturated carbocycles. The van der Waals surface area contributed by atoms with Gasteiger partial charge in [0.2, 0.25) is 12.7 Å². The zero-order chi connectivity index (χ0) is 17.1. The number of hydrogen-bond donors (Lipinski definition) is 2. The molecular formula is C18H18N2O4. The molecule has 2 amide bonds. The molecule has 0 aromatic heterocycles. The van der Waals surface area contributed by atoms with Crippen LogP contribution < -0.4 is 20.3 Å². The summed E-state index contributed by atoms with van der Waals surface area (Å²) in [6.07, 6.45) is 0.197. The fourth-order valence-electron chi connectivity index (χ4n) is 2.38. The molecule has 0 bridgehead atoms. The standard InChI is InChI=1S/C18H18N2O4/c1-11-3-4-13(7-12(11)2)8-17(21)19-20-18(22)14-5-6-15-16(9-14)24-10-23-15/h3-7,9H,8,10H2,1-2H3,(H,19,21)(H,20,22). The molecule has 2 N–H and O–H groups in total. The van der Waals surface area contributed by atoms with Crippen molar-refractivity contribution in [2.75, 3.05) is 6.79 Å². The van der Waals surface area contributed by atoms with E-state index in [-0.39, 0.29) is 19.1 Å². The summed E-state index contributed by atoms with van der Waals surface area (Å²) in [6, 6.07) is 10.7. The third kappa shape index (κ3) is 3.48. The molecule has 0 aliphatic carbocycles. The van der Waals surface area contributed by atoms with Crippen molar-refractivity contribution >= 4 is 11.8 Å². The first-order chi connectivity index (χ1) is 11.5. The summed E-state index contributed by atoms with van der Waals surface area (Å²) in [5, 5.41) is 0. The number of hydrazine groups is 1. The minimum Gasteiger partial charge on any atom is -0.454 e. The van der Waals surface area contributed by atoms with Crippen LogP contribution in [-0.2, 0) is 11.2 Å². The molecule has 3 rings (SSSR count). The molecule has 0 fully saturated rings. The van der Waals surface area contributed by atoms with Gasteiger partial charge in [0.25, 0.3) is 5.91 Å². The van der Waals surface area contributed by atoms with Crippen molar-refractivity contribution in [1.29, 1.82) is 0 Å². The predicted molar refractivity (Wildman–Crippen MR) is 87.8 cm³/mol. The number of fused-ring (bicyclic) bond motifs is 1. The highest BCUT2D eigenvalue weighted by molar-refractivity contribution is 5.96. The average Bonchev–Trinajstić information content (AvgIpc) is 3.03. The van der Waals surface area contributed by atoms with Gasteiger partial charge < -0.3 is 9.47 Å². The lowest BCUT2D eigenvalue weighted by Gasteiger charge is -2.09. The Hall–Kier alpha value is -3.02. The highest BCUT2D eigenvalue weighted by Crippen LogP contribution is 2.32. The molecule has 0 atom stereocenters. The maximum absolute atomic E-state index is 12.1. The maximum Gasteiger partial charge on any atom is 0.269 e. The second kappa shape index (κ2) is 6.62. The Labute approximate surface area is 139 Å². The van der Waals surface area contributed by atoms with E-state index < -0.39 is 5.91 Å². The van der Waals surface area contributed by atoms with Crippen LogP contribution in [0.3, 0.4) is 0 Å². The number of nitrogens with one attached hydrogen (secondary N) is 2. The summed E-state index contributed by atoms with van der Waals surface area (Å²) >= 11 is 0. The molecule has 6 heteroatoms. The zero-order valence-electron chi connectivity index (χ0n) is 13.5. The van der Waals surface area contributed by atoms with Crippen LogP contribution in [0.1, 0.15) is 27.0 Å². The van der Waals surface area contributed by atoms with Gasteiger partial charge in [0.1, 0.15) is 0 Å². The Kier molecular flexibility index (Phi) is 4.37. The highest BCUT2D eigenvalue weighted by Gasteiger charge is 2.16. The van der Waals surface area contributed by atoms with Crippen LogP contribution in [0, 0.1) is 13.8 Å². The van der Waals surface area contributed by atoms with Crippen LogP contribution in [0.15, 0.2) is 36.4 Å². The molecule has 1 heterocycles. The molecule has 0 spiro atoms. The first kappa shape index (κ1) is 15.9. The van der Waals surface area contributed by atoms with Crippen LogP contribution >= 0.6 is 0 Å². The van der Waals surface area contributed by atoms with Crippen LogP contribution in [-0.4, -0.2) is 18.6 Å². The first-order valence-electron chi connectivity index (χ1n) is 7.58. The first-order valence-corrected chi connectivity index (χ1v) is 7.58. The van der Waals surface area contributed by atoms with Gasteiger partial charge in [-0.25, -0.2) is 0 Å². The number of rotatable bonds is 3. The van der Waals surface area contributed by atoms with E-state index >= 15 is 0 Å². The van der Waals surface area contributed by atoms with Gasteiger partial charge in [-0.2, -0.15) is 0 Å². The summed E-state index contributed by atoms with van der Waals surface area (Å²) in [7, 11) is 0. The smallest absolute Gasteiger partial charge is 0.269 e. The van der Waals surface area contributed by atoms with E-state index in [1.807, 2.05) is 32.0 Å². The minimum atomic E-state index is -0.415. The van der Waals surface area contributed by atoms with E-state index in [0.717, 1.165) is 11.1 Å². The van der Waals surface area contributed by atoms with Crippen molar-refractivity contribution in [3.63, 3.8) is 0 Å². The van der Waals surface area contributed by atoms with Crippen LogP contribution in [0.25, 0.3) is 0 Å². The van der Waals surface area contributed by atoms with Gasteiger partial charge >= 0.3 is 0 Å². The van der Waals surface area contributed by atoms with Gasteiger partial charge in [-0.15, -0.1) is 0 Å². The van der Waals surface area contributed by atoms with Crippen molar-refractivity contribution in [2.24, 2.45) is 0 Å². The van der Waals surface area contributed by atoms with Crippen LogP contribution in [0.2, 0.25) is 0 Å². The molecule has 1 aliphatic heterocycles. The van der Waals surface area contributed by atoms with Gasteiger partial charge in [-0.05, 0) is 48.7 Å². The maximum atomic E-state index is 12.1. The van der Waals surface area contributed by atoms with Gasteiger partial charge in [0.05, 0.1) is 6.42 Å². The SMILES string of the molecule is Cc1ccc(CC(=O)NNC(=O)c2ccc3c(c2)OCO3)cc1C. The topological polar surface area (TPSA) is 76.7 Å². The zero-order valence-corrected chi connectivity index (χ0v) is 13.5. The monoisotopic (exact) mass is 326 g/mol. The Bertz CT molecular complexity index is 802. The van der Waals surface area contributed by atoms with E-state index in [2.05, 4.69) is 10.9 Å². The lowest BCUT2D eigenvalue weighted by atomic mass is 10.0. The third-order valence-electron chi connectivity index (χ3n) is 3.89. The minimum absolute atomic E-state index is 0.146. The lowest BCUT2D eigenvalue weighted by Crippen LogP contribution is -2.42. The number of carbonyl (C=O) groups is 2. The summed E-state index contributed by atoms with van der Waals surface area (Å²) in [6.45, 7) is 4.16. The predicted octanol–water partition coefficient (Wildman–Crippen LogP) is 2.04. The second-order valence-corrected chi connectivity index (χ2v) is 5.67. The van der Waals surface area contributed by atoms with Crippen LogP contribution in [0.5, 0.6) is 11.5 Å². The van der Waals surface area contributed by atoms with Gasteiger partial charge in [-0.1, -0.05) is 18.2 Å². The van der Waals surface area contributed by atoms with E-state index in [1.165, 1.54) is 5.56 Å². The summed E-state index contributed by atoms with van der Waals surface area (Å²) in [5.74, 6) is 0.420. The molecule has 0 radical (unpaired) electrons. The molecule has 2 aromatic carbocycles. The molecule has 0 unspecified atom stereocenters. The number of ether oxygens (including phenoxy) is 2.